The van der Waals surface area contributed by atoms with Crippen LogP contribution in [0.2, 0.25) is 0 Å². The number of nitrogens with one attached hydrogen (secondary N) is 1. The van der Waals surface area contributed by atoms with Gasteiger partial charge in [-0.2, -0.15) is 0 Å². The number of rotatable bonds is 76. The van der Waals surface area contributed by atoms with E-state index in [2.05, 4.69) is 19.2 Å². The van der Waals surface area contributed by atoms with E-state index >= 15 is 0 Å². The van der Waals surface area contributed by atoms with Crippen molar-refractivity contribution in [2.45, 2.75) is 523 Å². The lowest BCUT2D eigenvalue weighted by Crippen LogP contribution is -2.66. The van der Waals surface area contributed by atoms with Gasteiger partial charge in [0.15, 0.2) is 18.9 Å². The van der Waals surface area contributed by atoms with E-state index < -0.39 is 124 Å². The first-order valence-corrected chi connectivity index (χ1v) is 45.9. The first kappa shape index (κ1) is 101. The lowest BCUT2D eigenvalue weighted by atomic mass is 9.96. The van der Waals surface area contributed by atoms with Crippen molar-refractivity contribution in [1.29, 1.82) is 0 Å². The number of amides is 1. The summed E-state index contributed by atoms with van der Waals surface area (Å²) in [5.41, 5.74) is 0. The first-order chi connectivity index (χ1) is 52.8. The van der Waals surface area contributed by atoms with Crippen LogP contribution in [0.3, 0.4) is 0 Å². The zero-order valence-electron chi connectivity index (χ0n) is 69.1. The van der Waals surface area contributed by atoms with Crippen LogP contribution in [-0.4, -0.2) is 193 Å². The Kier molecular flexibility index (Phi) is 65.1. The molecule has 3 fully saturated rings. The molecule has 19 heteroatoms. The van der Waals surface area contributed by atoms with Gasteiger partial charge in [-0.15, -0.1) is 0 Å². The summed E-state index contributed by atoms with van der Waals surface area (Å²) in [5, 5.41) is 121. The molecule has 12 N–H and O–H groups in total. The zero-order valence-corrected chi connectivity index (χ0v) is 69.1. The molecule has 0 aromatic heterocycles. The van der Waals surface area contributed by atoms with Crippen molar-refractivity contribution in [1.82, 2.24) is 5.32 Å². The van der Waals surface area contributed by atoms with Crippen LogP contribution >= 0.6 is 0 Å². The van der Waals surface area contributed by atoms with Gasteiger partial charge in [0.25, 0.3) is 0 Å². The van der Waals surface area contributed by atoms with E-state index in [1.807, 2.05) is 6.08 Å². The van der Waals surface area contributed by atoms with E-state index in [9.17, 15) is 61.0 Å². The van der Waals surface area contributed by atoms with Crippen molar-refractivity contribution in [2.75, 3.05) is 26.4 Å². The van der Waals surface area contributed by atoms with Crippen LogP contribution in [0.5, 0.6) is 0 Å². The lowest BCUT2D eigenvalue weighted by Gasteiger charge is -2.48. The number of carbonyl (C=O) groups excluding carboxylic acids is 1. The minimum absolute atomic E-state index is 0.251. The number of aliphatic hydroxyl groups is 11. The van der Waals surface area contributed by atoms with Gasteiger partial charge in [-0.3, -0.25) is 4.79 Å². The van der Waals surface area contributed by atoms with E-state index in [4.69, 9.17) is 28.4 Å². The second kappa shape index (κ2) is 69.8. The molecule has 19 nitrogen and oxygen atoms in total. The summed E-state index contributed by atoms with van der Waals surface area (Å²) in [6.45, 7) is 1.82. The van der Waals surface area contributed by atoms with Crippen LogP contribution in [0.25, 0.3) is 0 Å². The predicted octanol–water partition coefficient (Wildman–Crippen LogP) is 17.5. The Balaban J connectivity index is 1.29. The number of ether oxygens (including phenoxy) is 6. The van der Waals surface area contributed by atoms with Crippen molar-refractivity contribution in [2.24, 2.45) is 0 Å². The third-order valence-corrected chi connectivity index (χ3v) is 23.3. The molecule has 0 bridgehead atoms. The molecule has 0 radical (unpaired) electrons. The molecule has 3 aliphatic rings. The van der Waals surface area contributed by atoms with E-state index in [1.165, 1.54) is 347 Å². The first-order valence-electron chi connectivity index (χ1n) is 45.9. The van der Waals surface area contributed by atoms with E-state index in [0.29, 0.717) is 6.42 Å². The fourth-order valence-corrected chi connectivity index (χ4v) is 16.0. The Labute approximate surface area is 658 Å². The molecular weight excluding hydrogens is 1370 g/mol. The molecule has 3 heterocycles. The van der Waals surface area contributed by atoms with Gasteiger partial charge in [0, 0.05) is 6.42 Å². The van der Waals surface area contributed by atoms with Crippen molar-refractivity contribution >= 4 is 5.91 Å². The van der Waals surface area contributed by atoms with Crippen molar-refractivity contribution in [3.05, 3.63) is 12.2 Å². The molecule has 0 spiro atoms. The number of unbranched alkanes of at least 4 members (excludes halogenated alkanes) is 60. The minimum Gasteiger partial charge on any atom is -0.394 e. The molecule has 17 atom stereocenters. The van der Waals surface area contributed by atoms with Crippen molar-refractivity contribution < 1.29 is 89.4 Å². The molecule has 3 rings (SSSR count). The fourth-order valence-electron chi connectivity index (χ4n) is 16.0. The van der Waals surface area contributed by atoms with Gasteiger partial charge in [-0.1, -0.05) is 405 Å². The normalized spacial score (nSPS) is 25.4. The average molecular weight is 1540 g/mol. The summed E-state index contributed by atoms with van der Waals surface area (Å²) >= 11 is 0. The molecule has 640 valence electrons. The molecular formula is C89H171NO18. The van der Waals surface area contributed by atoms with Crippen LogP contribution < -0.4 is 5.32 Å². The van der Waals surface area contributed by atoms with Crippen LogP contribution in [0.4, 0.5) is 0 Å². The molecule has 17 unspecified atom stereocenters. The minimum atomic E-state index is -1.98. The topological polar surface area (TPSA) is 307 Å². The number of aliphatic hydroxyl groups excluding tert-OH is 11. The predicted molar refractivity (Wildman–Crippen MR) is 434 cm³/mol. The Bertz CT molecular complexity index is 1990. The molecule has 1 amide bonds. The van der Waals surface area contributed by atoms with Gasteiger partial charge < -0.3 is 89.9 Å². The molecule has 108 heavy (non-hydrogen) atoms. The summed E-state index contributed by atoms with van der Waals surface area (Å²) < 4.78 is 34.5. The monoisotopic (exact) mass is 1540 g/mol. The quantitative estimate of drug-likeness (QED) is 0.0199. The number of carbonyl (C=O) groups is 1. The lowest BCUT2D eigenvalue weighted by molar-refractivity contribution is -0.379. The smallest absolute Gasteiger partial charge is 0.220 e. The van der Waals surface area contributed by atoms with Gasteiger partial charge in [0.2, 0.25) is 5.91 Å². The number of hydrogen-bond donors (Lipinski definition) is 12. The Morgan fingerprint density at radius 3 is 0.870 bits per heavy atom. The third kappa shape index (κ3) is 48.2. The fraction of sp³-hybridized carbons (Fsp3) is 0.966. The molecule has 0 aliphatic carbocycles. The molecule has 3 aliphatic heterocycles. The van der Waals surface area contributed by atoms with E-state index in [-0.39, 0.29) is 18.9 Å². The highest BCUT2D eigenvalue weighted by atomic mass is 16.8. The van der Waals surface area contributed by atoms with Crippen molar-refractivity contribution in [3.8, 4) is 0 Å². The largest absolute Gasteiger partial charge is 0.394 e. The summed E-state index contributed by atoms with van der Waals surface area (Å²) in [5.74, 6) is -0.265. The van der Waals surface area contributed by atoms with E-state index in [1.54, 1.807) is 6.08 Å². The number of allylic oxidation sites excluding steroid dienone is 1. The van der Waals surface area contributed by atoms with Crippen LogP contribution in [0.15, 0.2) is 12.2 Å². The van der Waals surface area contributed by atoms with Gasteiger partial charge in [0.05, 0.1) is 38.6 Å². The SMILES string of the molecule is CCCCCCCCCCCCCCCCCCCCCCCC/C=C/C(O)C(COC1OC(CO)C(OC2OC(CO)C(OC3OC(CO)C(O)C(O)C3O)C(O)C2O)C(O)C1O)NC(=O)CCCCCCCCCCCCCCCCCCCCCCCCCCCCCCCCCCCCCCCCC. The highest BCUT2D eigenvalue weighted by Crippen LogP contribution is 2.34. The van der Waals surface area contributed by atoms with Gasteiger partial charge in [0.1, 0.15) is 73.2 Å². The second-order valence-corrected chi connectivity index (χ2v) is 33.1. The van der Waals surface area contributed by atoms with Gasteiger partial charge >= 0.3 is 0 Å². The Morgan fingerprint density at radius 1 is 0.324 bits per heavy atom. The summed E-state index contributed by atoms with van der Waals surface area (Å²) in [7, 11) is 0. The molecule has 0 aromatic rings. The summed E-state index contributed by atoms with van der Waals surface area (Å²) in [6.07, 6.45) is 59.6. The Morgan fingerprint density at radius 2 is 0.574 bits per heavy atom. The van der Waals surface area contributed by atoms with Gasteiger partial charge in [-0.05, 0) is 19.3 Å². The summed E-state index contributed by atoms with van der Waals surface area (Å²) in [4.78, 5) is 13.5. The highest BCUT2D eigenvalue weighted by molar-refractivity contribution is 5.76. The maximum absolute atomic E-state index is 13.5. The maximum Gasteiger partial charge on any atom is 0.220 e. The van der Waals surface area contributed by atoms with E-state index in [0.717, 1.165) is 44.9 Å². The van der Waals surface area contributed by atoms with Crippen LogP contribution in [0, 0.1) is 0 Å². The van der Waals surface area contributed by atoms with Crippen LogP contribution in [0.1, 0.15) is 418 Å². The Hall–Kier alpha value is -1.47. The average Bonchev–Trinajstić information content (AvgIpc) is 0.779. The van der Waals surface area contributed by atoms with Gasteiger partial charge in [-0.25, -0.2) is 0 Å². The van der Waals surface area contributed by atoms with Crippen molar-refractivity contribution in [3.63, 3.8) is 0 Å². The second-order valence-electron chi connectivity index (χ2n) is 33.1. The van der Waals surface area contributed by atoms with Crippen LogP contribution in [-0.2, 0) is 33.2 Å². The maximum atomic E-state index is 13.5. The standard InChI is InChI=1S/C89H171NO18/c1-3-5-7-9-11-13-15-17-19-21-23-25-27-29-30-31-32-33-34-35-36-37-38-39-40-41-42-43-45-47-49-51-53-55-57-59-61-63-65-67-77(95)90-72(73(94)66-64-62-60-58-56-54-52-50-48-46-44-28-26-24-22-20-18-16-14-12-10-8-6-4-2)71-103-87-83(101)80(98)85(75(69-92)105-87)108-89-84(102)81(99)86(76(70-93)106-89)107-88-82(100)79(97)78(96)74(68-91)104-88/h64,66,72-76,78-89,91-94,96-102H,3-63,65,67-71H2,1-2H3,(H,90,95)/b66-64+. The zero-order chi connectivity index (χ0) is 78.1. The summed E-state index contributed by atoms with van der Waals surface area (Å²) in [6, 6.07) is -0.971. The molecule has 0 saturated carbocycles. The molecule has 3 saturated heterocycles. The third-order valence-electron chi connectivity index (χ3n) is 23.3. The highest BCUT2D eigenvalue weighted by Gasteiger charge is 2.54. The number of hydrogen-bond acceptors (Lipinski definition) is 18. The molecule has 0 aromatic carbocycles.